The lowest BCUT2D eigenvalue weighted by molar-refractivity contribution is -0.115. The van der Waals surface area contributed by atoms with Crippen molar-refractivity contribution >= 4 is 44.9 Å². The molecule has 1 atom stereocenters. The second-order valence-corrected chi connectivity index (χ2v) is 10.7. The Bertz CT molecular complexity index is 1210. The van der Waals surface area contributed by atoms with Crippen molar-refractivity contribution in [1.82, 2.24) is 5.32 Å². The highest BCUT2D eigenvalue weighted by Gasteiger charge is 2.36. The van der Waals surface area contributed by atoms with E-state index in [0.29, 0.717) is 23.9 Å². The van der Waals surface area contributed by atoms with Crippen molar-refractivity contribution in [2.45, 2.75) is 53.1 Å². The first-order valence-electron chi connectivity index (χ1n) is 11.2. The molecule has 0 aromatic heterocycles. The second-order valence-electron chi connectivity index (χ2n) is 8.83. The lowest BCUT2D eigenvalue weighted by Crippen LogP contribution is -2.42. The van der Waals surface area contributed by atoms with E-state index in [1.54, 1.807) is 6.08 Å². The second kappa shape index (κ2) is 9.66. The number of thioether (sulfide) groups is 1. The predicted molar refractivity (Wildman–Crippen MR) is 138 cm³/mol. The third kappa shape index (κ3) is 4.84. The zero-order chi connectivity index (χ0) is 24.6. The first-order valence-corrected chi connectivity index (χ1v) is 12.8. The van der Waals surface area contributed by atoms with E-state index in [4.69, 9.17) is 14.2 Å². The Labute approximate surface area is 212 Å². The maximum absolute atomic E-state index is 11.8. The molecule has 1 fully saturated rings. The molecular formula is C26H28BrNO5S. The molecule has 1 saturated heterocycles. The van der Waals surface area contributed by atoms with Gasteiger partial charge in [-0.05, 0) is 116 Å². The normalized spacial score (nSPS) is 20.7. The number of ether oxygens (including phenoxy) is 3. The zero-order valence-corrected chi connectivity index (χ0v) is 22.4. The molecule has 2 heterocycles. The average Bonchev–Trinajstić information content (AvgIpc) is 3.11. The van der Waals surface area contributed by atoms with E-state index in [9.17, 15) is 9.59 Å². The van der Waals surface area contributed by atoms with Gasteiger partial charge in [-0.25, -0.2) is 0 Å². The van der Waals surface area contributed by atoms with Crippen molar-refractivity contribution in [1.29, 1.82) is 0 Å². The van der Waals surface area contributed by atoms with Crippen LogP contribution in [-0.4, -0.2) is 30.0 Å². The molecule has 2 amide bonds. The molecule has 0 saturated carbocycles. The molecule has 2 aromatic rings. The number of amides is 2. The first kappa shape index (κ1) is 24.7. The molecule has 0 radical (unpaired) electrons. The van der Waals surface area contributed by atoms with Gasteiger partial charge in [-0.3, -0.25) is 14.9 Å². The van der Waals surface area contributed by atoms with Crippen LogP contribution in [0.1, 0.15) is 48.1 Å². The average molecular weight is 546 g/mol. The summed E-state index contributed by atoms with van der Waals surface area (Å²) in [6.07, 6.45) is 3.41. The van der Waals surface area contributed by atoms with Gasteiger partial charge in [0.2, 0.25) is 0 Å². The highest BCUT2D eigenvalue weighted by Crippen LogP contribution is 2.44. The monoisotopic (exact) mass is 545 g/mol. The third-order valence-electron chi connectivity index (χ3n) is 6.28. The van der Waals surface area contributed by atoms with Crippen molar-refractivity contribution in [3.8, 4) is 17.2 Å². The number of nitrogens with one attached hydrogen (secondary N) is 1. The highest BCUT2D eigenvalue weighted by molar-refractivity contribution is 9.10. The summed E-state index contributed by atoms with van der Waals surface area (Å²) in [5, 5.41) is 1.91. The van der Waals surface area contributed by atoms with E-state index < -0.39 is 5.60 Å². The maximum Gasteiger partial charge on any atom is 0.290 e. The molecule has 0 spiro atoms. The fourth-order valence-corrected chi connectivity index (χ4v) is 5.46. The minimum atomic E-state index is -0.469. The van der Waals surface area contributed by atoms with Crippen LogP contribution in [0.2, 0.25) is 0 Å². The molecule has 34 heavy (non-hydrogen) atoms. The first-order chi connectivity index (χ1) is 16.1. The number of fused-ring (bicyclic) bond motifs is 1. The largest absolute Gasteiger partial charge is 0.493 e. The molecule has 180 valence electrons. The molecule has 2 aliphatic heterocycles. The number of benzene rings is 2. The molecule has 2 aliphatic rings. The van der Waals surface area contributed by atoms with E-state index in [1.807, 2.05) is 25.1 Å². The fourth-order valence-electron chi connectivity index (χ4n) is 4.27. The summed E-state index contributed by atoms with van der Waals surface area (Å²) >= 11 is 4.46. The summed E-state index contributed by atoms with van der Waals surface area (Å²) in [4.78, 5) is 23.5. The van der Waals surface area contributed by atoms with Crippen molar-refractivity contribution in [2.24, 2.45) is 0 Å². The number of carbonyl (C=O) groups excluding carboxylic acids is 2. The van der Waals surface area contributed by atoms with Crippen LogP contribution in [0.4, 0.5) is 4.79 Å². The molecule has 1 unspecified atom stereocenters. The van der Waals surface area contributed by atoms with Gasteiger partial charge in [-0.2, -0.15) is 0 Å². The summed E-state index contributed by atoms with van der Waals surface area (Å²) in [6.45, 7) is 11.4. The molecule has 4 rings (SSSR count). The number of rotatable bonds is 6. The van der Waals surface area contributed by atoms with Gasteiger partial charge in [0.15, 0.2) is 0 Å². The van der Waals surface area contributed by atoms with Crippen LogP contribution in [0.25, 0.3) is 6.08 Å². The van der Waals surface area contributed by atoms with Gasteiger partial charge in [0, 0.05) is 5.56 Å². The lowest BCUT2D eigenvalue weighted by atomic mass is 9.87. The van der Waals surface area contributed by atoms with E-state index >= 15 is 0 Å². The van der Waals surface area contributed by atoms with Crippen LogP contribution in [0.5, 0.6) is 17.2 Å². The van der Waals surface area contributed by atoms with Crippen LogP contribution in [0, 0.1) is 20.8 Å². The summed E-state index contributed by atoms with van der Waals surface area (Å²) in [6, 6.07) is 5.57. The van der Waals surface area contributed by atoms with Crippen LogP contribution >= 0.6 is 27.7 Å². The van der Waals surface area contributed by atoms with Crippen molar-refractivity contribution < 1.29 is 23.8 Å². The maximum atomic E-state index is 11.8. The molecule has 6 nitrogen and oxygen atoms in total. The molecule has 8 heteroatoms. The van der Waals surface area contributed by atoms with Crippen molar-refractivity contribution in [2.75, 3.05) is 13.2 Å². The minimum Gasteiger partial charge on any atom is -0.493 e. The Morgan fingerprint density at radius 1 is 1.18 bits per heavy atom. The van der Waals surface area contributed by atoms with Crippen LogP contribution < -0.4 is 19.5 Å². The Morgan fingerprint density at radius 3 is 2.59 bits per heavy atom. The predicted octanol–water partition coefficient (Wildman–Crippen LogP) is 6.26. The quantitative estimate of drug-likeness (QED) is 0.432. The fraction of sp³-hybridized carbons (Fsp3) is 0.385. The Hall–Kier alpha value is -2.45. The molecule has 2 aromatic carbocycles. The Kier molecular flexibility index (Phi) is 7.01. The van der Waals surface area contributed by atoms with Crippen LogP contribution in [-0.2, 0) is 11.2 Å². The van der Waals surface area contributed by atoms with E-state index in [0.717, 1.165) is 62.8 Å². The number of halogens is 1. The number of imide groups is 1. The van der Waals surface area contributed by atoms with Crippen molar-refractivity contribution in [3.63, 3.8) is 0 Å². The number of hydrogen-bond acceptors (Lipinski definition) is 6. The van der Waals surface area contributed by atoms with Gasteiger partial charge < -0.3 is 14.2 Å². The van der Waals surface area contributed by atoms with Gasteiger partial charge in [0.25, 0.3) is 11.1 Å². The molecule has 0 bridgehead atoms. The van der Waals surface area contributed by atoms with E-state index in [-0.39, 0.29) is 11.1 Å². The van der Waals surface area contributed by atoms with Gasteiger partial charge in [-0.1, -0.05) is 6.07 Å². The van der Waals surface area contributed by atoms with Crippen molar-refractivity contribution in [3.05, 3.63) is 55.4 Å². The summed E-state index contributed by atoms with van der Waals surface area (Å²) in [5.74, 6) is 2.23. The third-order valence-corrected chi connectivity index (χ3v) is 7.71. The zero-order valence-electron chi connectivity index (χ0n) is 20.0. The van der Waals surface area contributed by atoms with Gasteiger partial charge >= 0.3 is 0 Å². The Morgan fingerprint density at radius 2 is 1.94 bits per heavy atom. The SMILES string of the molecule is CCOc1c(C)c(C)c2c(c1C)CCC(C)(COc1ccc(/C=C3\SC(=O)NC3=O)cc1Br)O2. The summed E-state index contributed by atoms with van der Waals surface area (Å²) in [5.41, 5.74) is 4.93. The standard InChI is InChI=1S/C26H28BrNO5S/c1-6-31-22-14(2)15(3)23-18(16(22)4)9-10-26(5,33-23)13-32-20-8-7-17(11-19(20)27)12-21-24(29)28-25(30)34-21/h7-8,11-12H,6,9-10,13H2,1-5H3,(H,28,29,30)/b21-12-. The molecule has 1 N–H and O–H groups in total. The van der Waals surface area contributed by atoms with Gasteiger partial charge in [-0.15, -0.1) is 0 Å². The minimum absolute atomic E-state index is 0.354. The topological polar surface area (TPSA) is 73.9 Å². The summed E-state index contributed by atoms with van der Waals surface area (Å²) < 4.78 is 19.4. The number of carbonyl (C=O) groups is 2. The Balaban J connectivity index is 1.49. The lowest BCUT2D eigenvalue weighted by Gasteiger charge is -2.38. The van der Waals surface area contributed by atoms with Crippen LogP contribution in [0.15, 0.2) is 27.6 Å². The van der Waals surface area contributed by atoms with Gasteiger partial charge in [0.05, 0.1) is 16.0 Å². The van der Waals surface area contributed by atoms with Gasteiger partial charge in [0.1, 0.15) is 29.5 Å². The van der Waals surface area contributed by atoms with Crippen LogP contribution in [0.3, 0.4) is 0 Å². The molecular weight excluding hydrogens is 518 g/mol. The summed E-state index contributed by atoms with van der Waals surface area (Å²) in [7, 11) is 0. The molecule has 0 aliphatic carbocycles. The smallest absolute Gasteiger partial charge is 0.290 e. The van der Waals surface area contributed by atoms with E-state index in [1.165, 1.54) is 5.56 Å². The van der Waals surface area contributed by atoms with E-state index in [2.05, 4.69) is 48.9 Å². The highest BCUT2D eigenvalue weighted by atomic mass is 79.9. The number of hydrogen-bond donors (Lipinski definition) is 1.